The van der Waals surface area contributed by atoms with Crippen LogP contribution in [-0.4, -0.2) is 83.5 Å². The largest absolute Gasteiger partial charge is 0.459 e. The lowest BCUT2D eigenvalue weighted by atomic mass is 9.55. The molecular weight excluding hydrogens is 875 g/mol. The van der Waals surface area contributed by atoms with Crippen LogP contribution < -0.4 is 18.9 Å². The summed E-state index contributed by atoms with van der Waals surface area (Å²) in [6.45, 7) is 4.47. The van der Waals surface area contributed by atoms with E-state index in [1.54, 1.807) is 40.9 Å². The summed E-state index contributed by atoms with van der Waals surface area (Å²) in [5.41, 5.74) is 3.79. The maximum atomic E-state index is 15.2. The third-order valence-corrected chi connectivity index (χ3v) is 13.9. The topological polar surface area (TPSA) is 172 Å². The first kappa shape index (κ1) is 47.4. The van der Waals surface area contributed by atoms with Crippen LogP contribution in [0, 0.1) is 27.9 Å². The molecule has 1 saturated carbocycles. The molecule has 0 saturated heterocycles. The molecule has 2 heterocycles. The normalized spacial score (nSPS) is 22.9. The Balaban J connectivity index is 1.31. The van der Waals surface area contributed by atoms with Crippen LogP contribution in [0.3, 0.4) is 0 Å². The Morgan fingerprint density at radius 3 is 2.40 bits per heavy atom. The summed E-state index contributed by atoms with van der Waals surface area (Å²) in [5, 5.41) is 36.1. The zero-order chi connectivity index (χ0) is 46.9. The van der Waals surface area contributed by atoms with E-state index in [0.29, 0.717) is 52.9 Å². The molecule has 2 aliphatic heterocycles. The molecule has 0 radical (unpaired) electrons. The molecule has 4 aliphatic rings. The van der Waals surface area contributed by atoms with Gasteiger partial charge in [0.1, 0.15) is 30.4 Å². The van der Waals surface area contributed by atoms with Gasteiger partial charge in [-0.25, -0.2) is 0 Å². The number of allylic oxidation sites excluding steroid dienone is 1. The third kappa shape index (κ3) is 10.2. The van der Waals surface area contributed by atoms with E-state index in [1.165, 1.54) is 25.3 Å². The number of benzene rings is 4. The van der Waals surface area contributed by atoms with Gasteiger partial charge < -0.3 is 43.6 Å². The van der Waals surface area contributed by atoms with Gasteiger partial charge in [-0.15, -0.1) is 18.3 Å². The van der Waals surface area contributed by atoms with E-state index in [1.807, 2.05) is 60.9 Å². The number of aliphatic hydroxyl groups is 2. The van der Waals surface area contributed by atoms with Crippen LogP contribution >= 0.6 is 11.8 Å². The van der Waals surface area contributed by atoms with E-state index in [4.69, 9.17) is 33.7 Å². The highest BCUT2D eigenvalue weighted by Gasteiger charge is 2.65. The van der Waals surface area contributed by atoms with Crippen LogP contribution in [0.2, 0.25) is 0 Å². The predicted octanol–water partition coefficient (Wildman–Crippen LogP) is 9.84. The third-order valence-electron chi connectivity index (χ3n) is 13.1. The Hall–Kier alpha value is -6.13. The van der Waals surface area contributed by atoms with Crippen molar-refractivity contribution in [1.82, 2.24) is 4.90 Å². The maximum absolute atomic E-state index is 15.2. The number of oxime groups is 1. The quantitative estimate of drug-likeness (QED) is 0.0203. The summed E-state index contributed by atoms with van der Waals surface area (Å²) in [4.78, 5) is 34.6. The molecule has 0 unspecified atom stereocenters. The molecule has 14 nitrogen and oxygen atoms in total. The summed E-state index contributed by atoms with van der Waals surface area (Å²) >= 11 is 1.66. The van der Waals surface area contributed by atoms with Crippen LogP contribution in [0.25, 0.3) is 6.08 Å². The van der Waals surface area contributed by atoms with E-state index < -0.39 is 22.7 Å². The highest BCUT2D eigenvalue weighted by Crippen LogP contribution is 2.62. The summed E-state index contributed by atoms with van der Waals surface area (Å²) in [5.74, 6) is 0.438. The molecule has 15 heteroatoms. The molecule has 8 rings (SSSR count). The Morgan fingerprint density at radius 1 is 0.955 bits per heavy atom. The number of unbranched alkanes of at least 4 members (excludes halogenated alkanes) is 2. The molecule has 1 amide bonds. The van der Waals surface area contributed by atoms with Crippen molar-refractivity contribution in [1.29, 1.82) is 0 Å². The number of non-ortho nitro benzene ring substituents is 1. The van der Waals surface area contributed by atoms with Crippen LogP contribution in [-0.2, 0) is 20.9 Å². The first-order valence-electron chi connectivity index (χ1n) is 22.7. The van der Waals surface area contributed by atoms with Gasteiger partial charge in [-0.2, -0.15) is 0 Å². The van der Waals surface area contributed by atoms with Crippen molar-refractivity contribution in [2.75, 3.05) is 40.0 Å². The summed E-state index contributed by atoms with van der Waals surface area (Å²) in [6, 6.07) is 24.6. The smallest absolute Gasteiger partial charge is 0.269 e. The average Bonchev–Trinajstić information content (AvgIpc) is 3.82. The van der Waals surface area contributed by atoms with Crippen LogP contribution in [0.4, 0.5) is 5.69 Å². The first-order chi connectivity index (χ1) is 32.7. The van der Waals surface area contributed by atoms with Gasteiger partial charge in [0.15, 0.2) is 11.5 Å². The highest BCUT2D eigenvalue weighted by molar-refractivity contribution is 7.98. The molecule has 2 N–H and O–H groups in total. The zero-order valence-electron chi connectivity index (χ0n) is 37.8. The molecule has 352 valence electrons. The lowest BCUT2D eigenvalue weighted by molar-refractivity contribution is -0.384. The summed E-state index contributed by atoms with van der Waals surface area (Å²) in [7, 11) is 1.51. The number of fused-ring (bicyclic) bond motifs is 3. The van der Waals surface area contributed by atoms with Crippen molar-refractivity contribution in [3.05, 3.63) is 142 Å². The van der Waals surface area contributed by atoms with Crippen LogP contribution in [0.5, 0.6) is 28.7 Å². The van der Waals surface area contributed by atoms with Gasteiger partial charge in [0.2, 0.25) is 18.5 Å². The Bertz CT molecular complexity index is 2490. The molecule has 4 aromatic carbocycles. The molecule has 1 fully saturated rings. The molecule has 2 aliphatic carbocycles. The number of hydrogen-bond acceptors (Lipinski definition) is 13. The number of nitro benzene ring substituents is 1. The number of ether oxygens (including phenoxy) is 5. The monoisotopic (exact) mass is 931 g/mol. The molecule has 67 heavy (non-hydrogen) atoms. The number of hydrogen-bond donors (Lipinski definition) is 2. The maximum Gasteiger partial charge on any atom is 0.269 e. The Morgan fingerprint density at radius 2 is 1.69 bits per heavy atom. The lowest BCUT2D eigenvalue weighted by Crippen LogP contribution is -2.70. The number of nitrogens with zero attached hydrogens (tertiary/aromatic N) is 3. The number of nitro groups is 1. The fourth-order valence-corrected chi connectivity index (χ4v) is 10.6. The summed E-state index contributed by atoms with van der Waals surface area (Å²) in [6.07, 6.45) is 13.7. The van der Waals surface area contributed by atoms with Gasteiger partial charge in [-0.05, 0) is 133 Å². The average molecular weight is 932 g/mol. The van der Waals surface area contributed by atoms with E-state index in [9.17, 15) is 20.3 Å². The van der Waals surface area contributed by atoms with Crippen LogP contribution in [0.1, 0.15) is 67.6 Å². The fourth-order valence-electron chi connectivity index (χ4n) is 10.1. The van der Waals surface area contributed by atoms with E-state index in [2.05, 4.69) is 18.7 Å². The molecule has 0 aromatic heterocycles. The van der Waals surface area contributed by atoms with Crippen molar-refractivity contribution in [3.63, 3.8) is 0 Å². The number of amides is 1. The number of rotatable bonds is 21. The molecule has 6 atom stereocenters. The number of carbonyl (C=O) groups excluding carboxylic acids is 1. The van der Waals surface area contributed by atoms with E-state index >= 15 is 4.79 Å². The second kappa shape index (κ2) is 21.7. The minimum Gasteiger partial charge on any atom is -0.459 e. The first-order valence-corrected chi connectivity index (χ1v) is 24.0. The lowest BCUT2D eigenvalue weighted by Gasteiger charge is -2.60. The van der Waals surface area contributed by atoms with Gasteiger partial charge >= 0.3 is 0 Å². The second-order valence-electron chi connectivity index (χ2n) is 17.1. The highest BCUT2D eigenvalue weighted by atomic mass is 32.2. The van der Waals surface area contributed by atoms with E-state index in [0.717, 1.165) is 47.3 Å². The van der Waals surface area contributed by atoms with Gasteiger partial charge in [-0.3, -0.25) is 14.9 Å². The minimum atomic E-state index is -1.51. The Labute approximate surface area is 395 Å². The Kier molecular flexibility index (Phi) is 15.3. The predicted molar refractivity (Wildman–Crippen MR) is 256 cm³/mol. The second-order valence-corrected chi connectivity index (χ2v) is 17.9. The molecular formula is C52H57N3O11S. The standard InChI is InChI=1S/C52H57N3O11S/c1-4-27-64-52-48(54(32-35-13-22-46-47(28-35)63-33-62-46)49(58)24-14-34-11-15-37(16-12-34)55(59)60)31-44(53-61-2)42-29-36(9-5-7-25-56)41(10-6-8-26-57)50(51(42)52)43-30-39(19-23-45(43)66-52)65-38-17-20-40(67-3)21-18-38/h4,11-24,28-30,36,41,48,50-51,56-57H,1,5-10,25-27,31-33H2,2-3H3/t36-,41+,48-,50+,51+,52+/m0/s1. The zero-order valence-corrected chi connectivity index (χ0v) is 38.6. The SMILES string of the molecule is C=CCO[C@@]12Oc3ccc(Oc4ccc(SC)cc4)cc3[C@H]3[C@H](CCCCO)[C@@H](CCCCO)C=C(C(=NOC)C[C@@H]1N(Cc1ccc4c(c1)OCO4)C(=O)C=Cc1ccc([N+](=O)[O-])cc1)[C@H]32. The number of aliphatic hydroxyl groups excluding tert-OH is 2. The summed E-state index contributed by atoms with van der Waals surface area (Å²) < 4.78 is 32.5. The number of thioether (sulfide) groups is 1. The van der Waals surface area contributed by atoms with Gasteiger partial charge in [0.05, 0.1) is 23.2 Å². The van der Waals surface area contributed by atoms with E-state index in [-0.39, 0.29) is 68.9 Å². The van der Waals surface area contributed by atoms with Gasteiger partial charge in [-0.1, -0.05) is 36.2 Å². The molecule has 4 aromatic rings. The van der Waals surface area contributed by atoms with Crippen molar-refractivity contribution >= 4 is 35.1 Å². The molecule has 0 bridgehead atoms. The van der Waals surface area contributed by atoms with Gasteiger partial charge in [0.25, 0.3) is 5.69 Å². The van der Waals surface area contributed by atoms with Crippen molar-refractivity contribution in [2.24, 2.45) is 22.9 Å². The van der Waals surface area contributed by atoms with Crippen molar-refractivity contribution in [3.8, 4) is 28.7 Å². The molecule has 0 spiro atoms. The number of carbonyl (C=O) groups is 1. The van der Waals surface area contributed by atoms with Crippen LogP contribution in [0.15, 0.2) is 125 Å². The fraction of sp³-hybridized carbons (Fsp3) is 0.385. The van der Waals surface area contributed by atoms with Crippen molar-refractivity contribution < 1.29 is 48.5 Å². The minimum absolute atomic E-state index is 0.00653. The van der Waals surface area contributed by atoms with Crippen molar-refractivity contribution in [2.45, 2.75) is 74.1 Å². The van der Waals surface area contributed by atoms with Gasteiger partial charge in [0, 0.05) is 60.8 Å².